The van der Waals surface area contributed by atoms with Crippen LogP contribution in [-0.4, -0.2) is 30.6 Å². The van der Waals surface area contributed by atoms with Crippen LogP contribution in [0.15, 0.2) is 42.5 Å². The van der Waals surface area contributed by atoms with E-state index in [1.807, 2.05) is 0 Å². The Bertz CT molecular complexity index is 1040. The molecule has 0 spiro atoms. The molecule has 0 aromatic heterocycles. The molecule has 7 aliphatic rings. The molecule has 1 saturated heterocycles. The van der Waals surface area contributed by atoms with Gasteiger partial charge in [0.2, 0.25) is 0 Å². The standard InChI is InChI=1S/C30H36N2.ClH/c1-2-7-28-21(4-1)8-9-22-5-3-6-25-27-18-31(11-10-29(27)32(28)30(22)25)17-26-23-13-19-12-20(15-23)16-24(26)14-19;/h1-7,19-20,23-24,26-27,29H,8-18H2;1H. The largest absolute Gasteiger partial charge is 0.337 e. The smallest absolute Gasteiger partial charge is 0.0483 e. The van der Waals surface area contributed by atoms with E-state index in [-0.39, 0.29) is 12.4 Å². The maximum absolute atomic E-state index is 2.91. The summed E-state index contributed by atoms with van der Waals surface area (Å²) in [4.78, 5) is 5.70. The number of aryl methyl sites for hydroxylation is 2. The number of benzene rings is 2. The number of piperidine rings is 1. The Hall–Kier alpha value is -1.51. The number of anilines is 2. The van der Waals surface area contributed by atoms with Crippen molar-refractivity contribution in [3.8, 4) is 0 Å². The van der Waals surface area contributed by atoms with E-state index < -0.39 is 0 Å². The molecule has 4 bridgehead atoms. The van der Waals surface area contributed by atoms with Crippen LogP contribution < -0.4 is 4.90 Å². The number of para-hydroxylation sites is 2. The molecule has 0 amide bonds. The highest BCUT2D eigenvalue weighted by Crippen LogP contribution is 2.57. The van der Waals surface area contributed by atoms with Crippen LogP contribution >= 0.6 is 12.4 Å². The van der Waals surface area contributed by atoms with E-state index in [9.17, 15) is 0 Å². The molecule has 5 fully saturated rings. The molecular formula is C30H37ClN2. The Morgan fingerprint density at radius 1 is 0.788 bits per heavy atom. The van der Waals surface area contributed by atoms with Gasteiger partial charge in [-0.3, -0.25) is 0 Å². The molecule has 174 valence electrons. The first-order valence-corrected chi connectivity index (χ1v) is 13.5. The fourth-order valence-corrected chi connectivity index (χ4v) is 9.52. The van der Waals surface area contributed by atoms with E-state index >= 15 is 0 Å². The van der Waals surface area contributed by atoms with E-state index in [1.165, 1.54) is 44.6 Å². The molecule has 0 N–H and O–H groups in total. The van der Waals surface area contributed by atoms with Gasteiger partial charge in [0.25, 0.3) is 0 Å². The Kier molecular flexibility index (Phi) is 4.89. The summed E-state index contributed by atoms with van der Waals surface area (Å²) in [7, 11) is 0. The second-order valence-electron chi connectivity index (χ2n) is 12.2. The minimum absolute atomic E-state index is 0. The lowest BCUT2D eigenvalue weighted by molar-refractivity contribution is -0.0515. The van der Waals surface area contributed by atoms with Crippen molar-refractivity contribution >= 4 is 23.8 Å². The highest BCUT2D eigenvalue weighted by molar-refractivity contribution is 5.85. The monoisotopic (exact) mass is 460 g/mol. The van der Waals surface area contributed by atoms with Gasteiger partial charge in [-0.2, -0.15) is 0 Å². The number of hydrogen-bond acceptors (Lipinski definition) is 2. The van der Waals surface area contributed by atoms with E-state index in [1.54, 1.807) is 54.5 Å². The summed E-state index contributed by atoms with van der Waals surface area (Å²) in [5, 5.41) is 0. The van der Waals surface area contributed by atoms with Crippen molar-refractivity contribution in [1.82, 2.24) is 4.90 Å². The lowest BCUT2D eigenvalue weighted by Crippen LogP contribution is -2.52. The fraction of sp³-hybridized carbons (Fsp3) is 0.600. The van der Waals surface area contributed by atoms with Gasteiger partial charge in [-0.1, -0.05) is 36.4 Å². The molecule has 33 heavy (non-hydrogen) atoms. The van der Waals surface area contributed by atoms with Crippen LogP contribution in [0.3, 0.4) is 0 Å². The average Bonchev–Trinajstić information content (AvgIpc) is 3.03. The summed E-state index contributed by atoms with van der Waals surface area (Å²) in [6.07, 6.45) is 11.5. The molecular weight excluding hydrogens is 424 g/mol. The van der Waals surface area contributed by atoms with Gasteiger partial charge in [0.15, 0.2) is 0 Å². The van der Waals surface area contributed by atoms with E-state index in [2.05, 4.69) is 52.3 Å². The second kappa shape index (κ2) is 7.75. The van der Waals surface area contributed by atoms with Crippen LogP contribution in [0.2, 0.25) is 0 Å². The van der Waals surface area contributed by atoms with Crippen molar-refractivity contribution in [2.24, 2.45) is 29.6 Å². The summed E-state index contributed by atoms with van der Waals surface area (Å²) in [5.41, 5.74) is 7.87. The van der Waals surface area contributed by atoms with Gasteiger partial charge in [0, 0.05) is 43.0 Å². The molecule has 3 heterocycles. The highest BCUT2D eigenvalue weighted by Gasteiger charge is 2.50. The Labute approximate surface area is 205 Å². The normalized spacial score (nSPS) is 37.7. The predicted octanol–water partition coefficient (Wildman–Crippen LogP) is 6.59. The van der Waals surface area contributed by atoms with Gasteiger partial charge in [0.05, 0.1) is 0 Å². The number of likely N-dealkylation sites (tertiary alicyclic amines) is 1. The first kappa shape index (κ1) is 20.8. The van der Waals surface area contributed by atoms with Crippen LogP contribution in [-0.2, 0) is 12.8 Å². The fourth-order valence-electron chi connectivity index (χ4n) is 9.52. The number of hydrogen-bond donors (Lipinski definition) is 0. The zero-order chi connectivity index (χ0) is 20.8. The predicted molar refractivity (Wildman–Crippen MR) is 138 cm³/mol. The molecule has 2 nitrogen and oxygen atoms in total. The minimum Gasteiger partial charge on any atom is -0.337 e. The Morgan fingerprint density at radius 2 is 1.52 bits per heavy atom. The second-order valence-corrected chi connectivity index (χ2v) is 12.2. The zero-order valence-corrected chi connectivity index (χ0v) is 20.5. The summed E-state index contributed by atoms with van der Waals surface area (Å²) in [6.45, 7) is 3.97. The first-order valence-electron chi connectivity index (χ1n) is 13.5. The van der Waals surface area contributed by atoms with Gasteiger partial charge >= 0.3 is 0 Å². The van der Waals surface area contributed by atoms with Crippen molar-refractivity contribution in [1.29, 1.82) is 0 Å². The van der Waals surface area contributed by atoms with Crippen molar-refractivity contribution in [2.45, 2.75) is 63.3 Å². The van der Waals surface area contributed by atoms with Gasteiger partial charge in [0.1, 0.15) is 0 Å². The molecule has 2 atom stereocenters. The first-order chi connectivity index (χ1) is 15.8. The molecule has 4 aliphatic carbocycles. The van der Waals surface area contributed by atoms with Gasteiger partial charge in [-0.05, 0) is 104 Å². The third-order valence-corrected chi connectivity index (χ3v) is 10.6. The summed E-state index contributed by atoms with van der Waals surface area (Å²) in [5.74, 6) is 5.99. The van der Waals surface area contributed by atoms with E-state index in [0.29, 0.717) is 12.0 Å². The topological polar surface area (TPSA) is 6.48 Å². The number of halogens is 1. The van der Waals surface area contributed by atoms with Gasteiger partial charge in [-0.15, -0.1) is 12.4 Å². The quantitative estimate of drug-likeness (QED) is 0.498. The molecule has 3 heteroatoms. The van der Waals surface area contributed by atoms with Crippen molar-refractivity contribution in [2.75, 3.05) is 24.5 Å². The van der Waals surface area contributed by atoms with Crippen LogP contribution in [0.4, 0.5) is 11.4 Å². The maximum atomic E-state index is 2.91. The molecule has 2 aromatic carbocycles. The SMILES string of the molecule is Cl.c1ccc2c(c1)CCc1cccc3c1N2C1CCN(CC2C4CC5CC(C4)CC2C5)CC31. The number of rotatable bonds is 2. The van der Waals surface area contributed by atoms with Crippen LogP contribution in [0, 0.1) is 29.6 Å². The molecule has 4 saturated carbocycles. The van der Waals surface area contributed by atoms with Gasteiger partial charge in [-0.25, -0.2) is 0 Å². The van der Waals surface area contributed by atoms with Crippen LogP contribution in [0.5, 0.6) is 0 Å². The molecule has 2 unspecified atom stereocenters. The maximum Gasteiger partial charge on any atom is 0.0483 e. The molecule has 2 aromatic rings. The van der Waals surface area contributed by atoms with Gasteiger partial charge < -0.3 is 9.80 Å². The number of nitrogens with zero attached hydrogens (tertiary/aromatic N) is 2. The van der Waals surface area contributed by atoms with E-state index in [4.69, 9.17) is 0 Å². The number of fused-ring (bicyclic) bond motifs is 5. The lowest BCUT2D eigenvalue weighted by Gasteiger charge is -2.55. The molecule has 0 radical (unpaired) electrons. The summed E-state index contributed by atoms with van der Waals surface area (Å²) in [6, 6.07) is 17.1. The van der Waals surface area contributed by atoms with Crippen molar-refractivity contribution in [3.05, 3.63) is 59.2 Å². The van der Waals surface area contributed by atoms with Crippen molar-refractivity contribution in [3.63, 3.8) is 0 Å². The third-order valence-electron chi connectivity index (χ3n) is 10.6. The zero-order valence-electron chi connectivity index (χ0n) is 19.7. The summed E-state index contributed by atoms with van der Waals surface area (Å²) >= 11 is 0. The highest BCUT2D eigenvalue weighted by atomic mass is 35.5. The minimum atomic E-state index is 0. The van der Waals surface area contributed by atoms with Crippen LogP contribution in [0.1, 0.15) is 61.1 Å². The Balaban J connectivity index is 0.00000190. The van der Waals surface area contributed by atoms with E-state index in [0.717, 1.165) is 29.6 Å². The Morgan fingerprint density at radius 3 is 2.33 bits per heavy atom. The molecule has 3 aliphatic heterocycles. The lowest BCUT2D eigenvalue weighted by atomic mass is 9.52. The average molecular weight is 461 g/mol. The molecule has 9 rings (SSSR count). The summed E-state index contributed by atoms with van der Waals surface area (Å²) < 4.78 is 0. The van der Waals surface area contributed by atoms with Crippen molar-refractivity contribution < 1.29 is 0 Å². The third kappa shape index (κ3) is 3.09. The van der Waals surface area contributed by atoms with Crippen LogP contribution in [0.25, 0.3) is 0 Å².